The lowest BCUT2D eigenvalue weighted by molar-refractivity contribution is -0.153. The first-order valence-corrected chi connectivity index (χ1v) is 8.11. The summed E-state index contributed by atoms with van der Waals surface area (Å²) in [6.45, 7) is 4.25. The van der Waals surface area contributed by atoms with E-state index in [1.54, 1.807) is 0 Å². The standard InChI is InChI=1S/C15H20N2O4S/c1-9(2)8-17-12(7-13(18)19)14(20)16-11(15(17)21)6-10-4-3-5-22-10/h3-5,9,11-12H,6-8H2,1-2H3,(H,16,20)(H,18,19)/t11-,12-/m0/s1. The predicted molar refractivity (Wildman–Crippen MR) is 82.5 cm³/mol. The third-order valence-corrected chi connectivity index (χ3v) is 4.39. The van der Waals surface area contributed by atoms with E-state index in [4.69, 9.17) is 5.11 Å². The van der Waals surface area contributed by atoms with Gasteiger partial charge in [0.15, 0.2) is 0 Å². The molecule has 1 aliphatic rings. The van der Waals surface area contributed by atoms with E-state index in [1.165, 1.54) is 16.2 Å². The number of piperazine rings is 1. The summed E-state index contributed by atoms with van der Waals surface area (Å²) in [6.07, 6.45) is 0.0760. The first kappa shape index (κ1) is 16.5. The van der Waals surface area contributed by atoms with E-state index in [0.717, 1.165) is 4.88 Å². The van der Waals surface area contributed by atoms with Crippen molar-refractivity contribution in [1.29, 1.82) is 0 Å². The van der Waals surface area contributed by atoms with Crippen LogP contribution in [-0.2, 0) is 20.8 Å². The van der Waals surface area contributed by atoms with Crippen LogP contribution in [0.2, 0.25) is 0 Å². The molecule has 0 radical (unpaired) electrons. The molecule has 0 unspecified atom stereocenters. The van der Waals surface area contributed by atoms with Crippen molar-refractivity contribution in [2.45, 2.75) is 38.8 Å². The van der Waals surface area contributed by atoms with Crippen LogP contribution in [0.25, 0.3) is 0 Å². The molecule has 1 fully saturated rings. The maximum absolute atomic E-state index is 12.6. The van der Waals surface area contributed by atoms with Crippen molar-refractivity contribution in [3.8, 4) is 0 Å². The first-order valence-electron chi connectivity index (χ1n) is 7.23. The summed E-state index contributed by atoms with van der Waals surface area (Å²) in [4.78, 5) is 38.3. The fourth-order valence-corrected chi connectivity index (χ4v) is 3.32. The molecule has 2 rings (SSSR count). The number of carboxylic acids is 1. The highest BCUT2D eigenvalue weighted by Gasteiger charge is 2.41. The molecule has 2 atom stereocenters. The highest BCUT2D eigenvalue weighted by molar-refractivity contribution is 7.09. The van der Waals surface area contributed by atoms with E-state index in [-0.39, 0.29) is 24.2 Å². The Morgan fingerprint density at radius 1 is 1.45 bits per heavy atom. The van der Waals surface area contributed by atoms with E-state index in [0.29, 0.717) is 13.0 Å². The van der Waals surface area contributed by atoms with Gasteiger partial charge in [-0.1, -0.05) is 19.9 Å². The van der Waals surface area contributed by atoms with Gasteiger partial charge in [0.25, 0.3) is 0 Å². The lowest BCUT2D eigenvalue weighted by atomic mass is 10.00. The minimum absolute atomic E-state index is 0.161. The van der Waals surface area contributed by atoms with E-state index in [1.807, 2.05) is 31.4 Å². The van der Waals surface area contributed by atoms with Gasteiger partial charge in [-0.25, -0.2) is 0 Å². The van der Waals surface area contributed by atoms with Gasteiger partial charge in [-0.3, -0.25) is 14.4 Å². The number of hydrogen-bond acceptors (Lipinski definition) is 4. The van der Waals surface area contributed by atoms with Gasteiger partial charge in [0, 0.05) is 17.8 Å². The molecule has 0 aromatic carbocycles. The summed E-state index contributed by atoms with van der Waals surface area (Å²) in [5.74, 6) is -1.51. The predicted octanol–water partition coefficient (Wildman–Crippen LogP) is 1.12. The molecule has 1 aromatic rings. The average molecular weight is 324 g/mol. The molecule has 1 aliphatic heterocycles. The lowest BCUT2D eigenvalue weighted by Gasteiger charge is -2.39. The van der Waals surface area contributed by atoms with Crippen LogP contribution in [0.4, 0.5) is 0 Å². The molecular weight excluding hydrogens is 304 g/mol. The molecule has 1 aromatic heterocycles. The molecule has 0 spiro atoms. The average Bonchev–Trinajstić information content (AvgIpc) is 2.92. The molecule has 0 bridgehead atoms. The monoisotopic (exact) mass is 324 g/mol. The first-order chi connectivity index (χ1) is 10.4. The number of carbonyl (C=O) groups is 3. The Labute approximate surface area is 133 Å². The van der Waals surface area contributed by atoms with Gasteiger partial charge < -0.3 is 15.3 Å². The topological polar surface area (TPSA) is 86.7 Å². The van der Waals surface area contributed by atoms with Crippen molar-refractivity contribution in [2.75, 3.05) is 6.54 Å². The zero-order valence-corrected chi connectivity index (χ0v) is 13.4. The number of nitrogens with one attached hydrogen (secondary N) is 1. The third-order valence-electron chi connectivity index (χ3n) is 3.49. The molecular formula is C15H20N2O4S. The van der Waals surface area contributed by atoms with Crippen LogP contribution in [0.15, 0.2) is 17.5 Å². The second kappa shape index (κ2) is 6.91. The normalized spacial score (nSPS) is 22.0. The van der Waals surface area contributed by atoms with E-state index in [9.17, 15) is 14.4 Å². The summed E-state index contributed by atoms with van der Waals surface area (Å²) in [7, 11) is 0. The van der Waals surface area contributed by atoms with Gasteiger partial charge in [-0.05, 0) is 17.4 Å². The Kier molecular flexibility index (Phi) is 5.18. The Bertz CT molecular complexity index is 556. The van der Waals surface area contributed by atoms with Crippen LogP contribution in [0.1, 0.15) is 25.1 Å². The zero-order chi connectivity index (χ0) is 16.3. The van der Waals surface area contributed by atoms with Crippen LogP contribution < -0.4 is 5.32 Å². The van der Waals surface area contributed by atoms with Crippen molar-refractivity contribution in [1.82, 2.24) is 10.2 Å². The van der Waals surface area contributed by atoms with Gasteiger partial charge in [0.2, 0.25) is 11.8 Å². The molecule has 0 saturated carbocycles. The Balaban J connectivity index is 2.19. The van der Waals surface area contributed by atoms with Gasteiger partial charge in [0.1, 0.15) is 12.1 Å². The molecule has 2 N–H and O–H groups in total. The summed E-state index contributed by atoms with van der Waals surface area (Å²) in [5, 5.41) is 13.6. The van der Waals surface area contributed by atoms with Crippen molar-refractivity contribution in [3.63, 3.8) is 0 Å². The van der Waals surface area contributed by atoms with Crippen molar-refractivity contribution in [3.05, 3.63) is 22.4 Å². The Morgan fingerprint density at radius 2 is 2.18 bits per heavy atom. The van der Waals surface area contributed by atoms with Crippen LogP contribution in [0.3, 0.4) is 0 Å². The second-order valence-corrected chi connectivity index (χ2v) is 6.88. The highest BCUT2D eigenvalue weighted by Crippen LogP contribution is 2.19. The number of carboxylic acid groups (broad SMARTS) is 1. The number of aliphatic carboxylic acids is 1. The van der Waals surface area contributed by atoms with Crippen LogP contribution in [0.5, 0.6) is 0 Å². The molecule has 0 aliphatic carbocycles. The molecule has 2 heterocycles. The number of rotatable bonds is 6. The number of nitrogens with zero attached hydrogens (tertiary/aromatic N) is 1. The van der Waals surface area contributed by atoms with Crippen molar-refractivity contribution in [2.24, 2.45) is 5.92 Å². The molecule has 2 amide bonds. The summed E-state index contributed by atoms with van der Waals surface area (Å²) < 4.78 is 0. The lowest BCUT2D eigenvalue weighted by Crippen LogP contribution is -2.64. The maximum Gasteiger partial charge on any atom is 0.305 e. The van der Waals surface area contributed by atoms with Crippen molar-refractivity contribution >= 4 is 29.1 Å². The largest absolute Gasteiger partial charge is 0.481 e. The quantitative estimate of drug-likeness (QED) is 0.821. The van der Waals surface area contributed by atoms with Crippen LogP contribution in [0, 0.1) is 5.92 Å². The molecule has 22 heavy (non-hydrogen) atoms. The Hall–Kier alpha value is -1.89. The summed E-state index contributed by atoms with van der Waals surface area (Å²) in [5.41, 5.74) is 0. The van der Waals surface area contributed by atoms with Gasteiger partial charge in [-0.15, -0.1) is 11.3 Å². The minimum Gasteiger partial charge on any atom is -0.481 e. The fraction of sp³-hybridized carbons (Fsp3) is 0.533. The van der Waals surface area contributed by atoms with E-state index < -0.39 is 18.1 Å². The smallest absolute Gasteiger partial charge is 0.305 e. The minimum atomic E-state index is -1.08. The number of thiophene rings is 1. The van der Waals surface area contributed by atoms with Crippen molar-refractivity contribution < 1.29 is 19.5 Å². The van der Waals surface area contributed by atoms with Crippen LogP contribution >= 0.6 is 11.3 Å². The molecule has 6 nitrogen and oxygen atoms in total. The van der Waals surface area contributed by atoms with Gasteiger partial charge >= 0.3 is 5.97 Å². The van der Waals surface area contributed by atoms with Gasteiger partial charge in [-0.2, -0.15) is 0 Å². The van der Waals surface area contributed by atoms with Crippen LogP contribution in [-0.4, -0.2) is 46.4 Å². The molecule has 1 saturated heterocycles. The fourth-order valence-electron chi connectivity index (χ4n) is 2.57. The van der Waals surface area contributed by atoms with Gasteiger partial charge in [0.05, 0.1) is 6.42 Å². The third kappa shape index (κ3) is 3.85. The van der Waals surface area contributed by atoms with E-state index in [2.05, 4.69) is 5.32 Å². The number of hydrogen-bond donors (Lipinski definition) is 2. The van der Waals surface area contributed by atoms with E-state index >= 15 is 0 Å². The summed E-state index contributed by atoms with van der Waals surface area (Å²) >= 11 is 1.53. The Morgan fingerprint density at radius 3 is 2.73 bits per heavy atom. The molecule has 7 heteroatoms. The number of carbonyl (C=O) groups excluding carboxylic acids is 2. The SMILES string of the molecule is CC(C)CN1C(=O)[C@H](Cc2cccs2)NC(=O)[C@@H]1CC(=O)O. The highest BCUT2D eigenvalue weighted by atomic mass is 32.1. The number of amides is 2. The summed E-state index contributed by atoms with van der Waals surface area (Å²) in [6, 6.07) is 2.27. The molecule has 120 valence electrons. The zero-order valence-electron chi connectivity index (χ0n) is 12.6. The maximum atomic E-state index is 12.6. The second-order valence-electron chi connectivity index (χ2n) is 5.84.